The van der Waals surface area contributed by atoms with E-state index in [2.05, 4.69) is 19.1 Å². The van der Waals surface area contributed by atoms with Gasteiger partial charge < -0.3 is 5.11 Å². The summed E-state index contributed by atoms with van der Waals surface area (Å²) in [6, 6.07) is 20.2. The summed E-state index contributed by atoms with van der Waals surface area (Å²) >= 11 is 3.08. The van der Waals surface area contributed by atoms with E-state index in [1.807, 2.05) is 48.5 Å². The quantitative estimate of drug-likeness (QED) is 0.800. The smallest absolute Gasteiger partial charge is 0.196 e. The molecule has 2 aromatic rings. The highest BCUT2D eigenvalue weighted by atomic mass is 32.2. The van der Waals surface area contributed by atoms with Crippen molar-refractivity contribution >= 4 is 28.6 Å². The topological polar surface area (TPSA) is 37.3 Å². The third-order valence-corrected chi connectivity index (χ3v) is 6.99. The van der Waals surface area contributed by atoms with Crippen molar-refractivity contribution in [3.05, 3.63) is 66.2 Å². The minimum Gasteiger partial charge on any atom is -0.392 e. The maximum atomic E-state index is 12.9. The highest BCUT2D eigenvalue weighted by Gasteiger charge is 2.40. The van der Waals surface area contributed by atoms with Crippen molar-refractivity contribution in [2.45, 2.75) is 41.8 Å². The van der Waals surface area contributed by atoms with Crippen LogP contribution in [0.5, 0.6) is 0 Å². The molecule has 3 rings (SSSR count). The summed E-state index contributed by atoms with van der Waals surface area (Å²) in [6.07, 6.45) is 1.15. The summed E-state index contributed by atoms with van der Waals surface area (Å²) in [7, 11) is 0. The molecule has 1 aliphatic rings. The predicted octanol–water partition coefficient (Wildman–Crippen LogP) is 5.01. The van der Waals surface area contributed by atoms with Crippen LogP contribution in [0.2, 0.25) is 0 Å². The molecule has 4 heteroatoms. The Morgan fingerprint density at radius 2 is 1.68 bits per heavy atom. The van der Waals surface area contributed by atoms with Gasteiger partial charge in [0.1, 0.15) is 0 Å². The van der Waals surface area contributed by atoms with E-state index in [0.29, 0.717) is 18.1 Å². The molecule has 1 fully saturated rings. The average molecular weight is 373 g/mol. The van der Waals surface area contributed by atoms with E-state index >= 15 is 0 Å². The molecular weight excluding hydrogens is 348 g/mol. The minimum absolute atomic E-state index is 0.122. The minimum atomic E-state index is -0.541. The average Bonchev–Trinajstić information content (AvgIpc) is 2.61. The van der Waals surface area contributed by atoms with Gasteiger partial charge in [0.25, 0.3) is 0 Å². The fourth-order valence-corrected chi connectivity index (χ4v) is 6.02. The van der Waals surface area contributed by atoms with Crippen molar-refractivity contribution < 1.29 is 9.90 Å². The Hall–Kier alpha value is -1.23. The Morgan fingerprint density at radius 3 is 2.36 bits per heavy atom. The molecule has 0 heterocycles. The van der Waals surface area contributed by atoms with Crippen LogP contribution >= 0.6 is 23.5 Å². The van der Waals surface area contributed by atoms with Crippen LogP contribution in [0.1, 0.15) is 25.3 Å². The molecule has 0 bridgehead atoms. The summed E-state index contributed by atoms with van der Waals surface area (Å²) < 4.78 is 0. The fraction of sp³-hybridized carbons (Fsp3) is 0.381. The second-order valence-corrected chi connectivity index (χ2v) is 9.02. The predicted molar refractivity (Wildman–Crippen MR) is 107 cm³/mol. The maximum absolute atomic E-state index is 12.9. The van der Waals surface area contributed by atoms with E-state index in [1.165, 1.54) is 16.7 Å². The van der Waals surface area contributed by atoms with Gasteiger partial charge in [-0.25, -0.2) is 0 Å². The third kappa shape index (κ3) is 5.13. The number of benzene rings is 2. The van der Waals surface area contributed by atoms with Crippen LogP contribution in [0, 0.1) is 11.8 Å². The van der Waals surface area contributed by atoms with Gasteiger partial charge in [-0.3, -0.25) is 4.79 Å². The normalized spacial score (nSPS) is 26.3. The first-order valence-electron chi connectivity index (χ1n) is 8.74. The van der Waals surface area contributed by atoms with E-state index in [9.17, 15) is 9.90 Å². The highest BCUT2D eigenvalue weighted by molar-refractivity contribution is 8.13. The number of aliphatic hydroxyl groups is 1. The van der Waals surface area contributed by atoms with E-state index in [1.54, 1.807) is 11.8 Å². The summed E-state index contributed by atoms with van der Waals surface area (Å²) in [5.41, 5.74) is 1.15. The Morgan fingerprint density at radius 1 is 1.04 bits per heavy atom. The SMILES string of the molecule is C[C@@H]1C[C@@H](O)[C@@H](C(=O)SCc2ccccc2)[C@H](Sc2ccccc2)C1. The van der Waals surface area contributed by atoms with Crippen LogP contribution in [0.3, 0.4) is 0 Å². The summed E-state index contributed by atoms with van der Waals surface area (Å²) in [4.78, 5) is 14.0. The number of carbonyl (C=O) groups is 1. The van der Waals surface area contributed by atoms with Gasteiger partial charge in [0.05, 0.1) is 12.0 Å². The molecule has 0 unspecified atom stereocenters. The van der Waals surface area contributed by atoms with Crippen LogP contribution in [-0.4, -0.2) is 21.6 Å². The zero-order chi connectivity index (χ0) is 17.6. The molecule has 25 heavy (non-hydrogen) atoms. The fourth-order valence-electron chi connectivity index (χ4n) is 3.38. The van der Waals surface area contributed by atoms with Crippen LogP contribution < -0.4 is 0 Å². The number of rotatable bonds is 5. The Balaban J connectivity index is 1.69. The number of hydrogen-bond acceptors (Lipinski definition) is 4. The van der Waals surface area contributed by atoms with Gasteiger partial charge in [0, 0.05) is 15.9 Å². The van der Waals surface area contributed by atoms with Crippen LogP contribution in [-0.2, 0) is 10.5 Å². The summed E-state index contributed by atoms with van der Waals surface area (Å²) in [5, 5.41) is 10.9. The van der Waals surface area contributed by atoms with Crippen LogP contribution in [0.4, 0.5) is 0 Å². The largest absolute Gasteiger partial charge is 0.392 e. The molecule has 0 spiro atoms. The van der Waals surface area contributed by atoms with Crippen molar-refractivity contribution in [2.24, 2.45) is 11.8 Å². The molecule has 0 aliphatic heterocycles. The van der Waals surface area contributed by atoms with Crippen molar-refractivity contribution in [1.82, 2.24) is 0 Å². The molecule has 1 N–H and O–H groups in total. The molecule has 2 aromatic carbocycles. The lowest BCUT2D eigenvalue weighted by molar-refractivity contribution is -0.119. The van der Waals surface area contributed by atoms with E-state index in [-0.39, 0.29) is 16.3 Å². The van der Waals surface area contributed by atoms with Crippen LogP contribution in [0.25, 0.3) is 0 Å². The molecule has 132 valence electrons. The maximum Gasteiger partial charge on any atom is 0.196 e. The van der Waals surface area contributed by atoms with Crippen molar-refractivity contribution in [1.29, 1.82) is 0 Å². The Labute approximate surface area is 158 Å². The monoisotopic (exact) mass is 372 g/mol. The molecule has 4 atom stereocenters. The number of carbonyl (C=O) groups excluding carboxylic acids is 1. The van der Waals surface area contributed by atoms with Crippen LogP contribution in [0.15, 0.2) is 65.6 Å². The van der Waals surface area contributed by atoms with Gasteiger partial charge in [0.15, 0.2) is 5.12 Å². The third-order valence-electron chi connectivity index (χ3n) is 4.62. The number of hydrogen-bond donors (Lipinski definition) is 1. The first-order chi connectivity index (χ1) is 12.1. The standard InChI is InChI=1S/C21H24O2S2/c1-15-12-18(22)20(19(13-15)25-17-10-6-3-7-11-17)21(23)24-14-16-8-4-2-5-9-16/h2-11,15,18-20,22H,12-14H2,1H3/t15-,18-,19-,20-/m1/s1. The van der Waals surface area contributed by atoms with Gasteiger partial charge in [-0.05, 0) is 36.5 Å². The summed E-state index contributed by atoms with van der Waals surface area (Å²) in [6.45, 7) is 2.17. The van der Waals surface area contributed by atoms with Gasteiger partial charge >= 0.3 is 0 Å². The molecule has 0 radical (unpaired) electrons. The Kier molecular flexibility index (Phi) is 6.63. The van der Waals surface area contributed by atoms with Gasteiger partial charge in [-0.1, -0.05) is 67.2 Å². The molecule has 2 nitrogen and oxygen atoms in total. The highest BCUT2D eigenvalue weighted by Crippen LogP contribution is 2.42. The molecular formula is C21H24O2S2. The number of aliphatic hydroxyl groups excluding tert-OH is 1. The van der Waals surface area contributed by atoms with Crippen molar-refractivity contribution in [2.75, 3.05) is 0 Å². The van der Waals surface area contributed by atoms with Crippen molar-refractivity contribution in [3.8, 4) is 0 Å². The zero-order valence-corrected chi connectivity index (χ0v) is 16.0. The van der Waals surface area contributed by atoms with Gasteiger partial charge in [-0.15, -0.1) is 11.8 Å². The van der Waals surface area contributed by atoms with E-state index in [0.717, 1.165) is 12.0 Å². The first kappa shape index (κ1) is 18.6. The molecule has 0 amide bonds. The molecule has 0 saturated heterocycles. The second-order valence-electron chi connectivity index (χ2n) is 6.73. The lowest BCUT2D eigenvalue weighted by Crippen LogP contribution is -2.41. The lowest BCUT2D eigenvalue weighted by atomic mass is 9.81. The Bertz CT molecular complexity index is 675. The number of thioether (sulfide) groups is 2. The first-order valence-corrected chi connectivity index (χ1v) is 10.6. The molecule has 0 aromatic heterocycles. The zero-order valence-electron chi connectivity index (χ0n) is 14.4. The summed E-state index contributed by atoms with van der Waals surface area (Å²) in [5.74, 6) is 0.816. The van der Waals surface area contributed by atoms with E-state index in [4.69, 9.17) is 0 Å². The van der Waals surface area contributed by atoms with Gasteiger partial charge in [0.2, 0.25) is 0 Å². The van der Waals surface area contributed by atoms with Gasteiger partial charge in [-0.2, -0.15) is 0 Å². The van der Waals surface area contributed by atoms with E-state index < -0.39 is 6.10 Å². The van der Waals surface area contributed by atoms with Crippen molar-refractivity contribution in [3.63, 3.8) is 0 Å². The molecule has 1 saturated carbocycles. The lowest BCUT2D eigenvalue weighted by Gasteiger charge is -2.37. The second kappa shape index (κ2) is 8.93. The molecule has 1 aliphatic carbocycles.